The lowest BCUT2D eigenvalue weighted by Crippen LogP contribution is -2.28. The number of hydrogen-bond donors (Lipinski definition) is 0. The van der Waals surface area contributed by atoms with Gasteiger partial charge in [-0.2, -0.15) is 9.64 Å². The van der Waals surface area contributed by atoms with Crippen LogP contribution < -0.4 is 4.90 Å². The van der Waals surface area contributed by atoms with Crippen LogP contribution in [0.15, 0.2) is 0 Å². The zero-order valence-electron chi connectivity index (χ0n) is 9.64. The Kier molecular flexibility index (Phi) is 5.75. The second-order valence-electron chi connectivity index (χ2n) is 3.23. The highest BCUT2D eigenvalue weighted by molar-refractivity contribution is 7.09. The molecule has 0 saturated carbocycles. The van der Waals surface area contributed by atoms with Gasteiger partial charge in [0, 0.05) is 38.2 Å². The average Bonchev–Trinajstić information content (AvgIpc) is 2.78. The molecule has 0 aliphatic rings. The normalized spacial score (nSPS) is 10.1. The van der Waals surface area contributed by atoms with Gasteiger partial charge in [-0.25, -0.2) is 4.98 Å². The zero-order chi connectivity index (χ0) is 11.8. The van der Waals surface area contributed by atoms with E-state index in [1.54, 1.807) is 7.11 Å². The van der Waals surface area contributed by atoms with Crippen molar-refractivity contribution in [1.29, 1.82) is 5.26 Å². The summed E-state index contributed by atoms with van der Waals surface area (Å²) in [5.74, 6) is 0.861. The summed E-state index contributed by atoms with van der Waals surface area (Å²) in [5.41, 5.74) is 0. The van der Waals surface area contributed by atoms with Crippen molar-refractivity contribution in [3.05, 3.63) is 5.82 Å². The molecule has 1 rings (SSSR count). The van der Waals surface area contributed by atoms with E-state index in [4.69, 9.17) is 10.00 Å². The van der Waals surface area contributed by atoms with Crippen LogP contribution in [0, 0.1) is 11.3 Å². The lowest BCUT2D eigenvalue weighted by atomic mass is 10.4. The van der Waals surface area contributed by atoms with E-state index in [-0.39, 0.29) is 0 Å². The van der Waals surface area contributed by atoms with Crippen molar-refractivity contribution in [2.45, 2.75) is 19.8 Å². The third-order valence-electron chi connectivity index (χ3n) is 2.10. The summed E-state index contributed by atoms with van der Waals surface area (Å²) in [5, 5.41) is 9.48. The van der Waals surface area contributed by atoms with Crippen LogP contribution in [0.25, 0.3) is 0 Å². The Morgan fingerprint density at radius 2 is 2.31 bits per heavy atom. The van der Waals surface area contributed by atoms with Gasteiger partial charge in [-0.3, -0.25) is 0 Å². The van der Waals surface area contributed by atoms with Crippen LogP contribution in [0.3, 0.4) is 0 Å². The summed E-state index contributed by atoms with van der Waals surface area (Å²) >= 11 is 1.38. The lowest BCUT2D eigenvalue weighted by Gasteiger charge is -2.19. The number of ether oxygens (including phenoxy) is 1. The number of hydrogen-bond acceptors (Lipinski definition) is 6. The van der Waals surface area contributed by atoms with Gasteiger partial charge in [0.1, 0.15) is 5.82 Å². The van der Waals surface area contributed by atoms with Crippen LogP contribution in [0.5, 0.6) is 0 Å². The molecule has 0 aliphatic carbocycles. The Hall–Kier alpha value is -1.19. The van der Waals surface area contributed by atoms with Crippen LogP contribution in [0.4, 0.5) is 5.13 Å². The molecule has 0 spiro atoms. The van der Waals surface area contributed by atoms with Gasteiger partial charge < -0.3 is 9.64 Å². The van der Waals surface area contributed by atoms with Crippen molar-refractivity contribution < 1.29 is 4.74 Å². The van der Waals surface area contributed by atoms with Crippen molar-refractivity contribution in [3.63, 3.8) is 0 Å². The van der Waals surface area contributed by atoms with Crippen molar-refractivity contribution in [3.8, 4) is 6.07 Å². The Morgan fingerprint density at radius 1 is 1.50 bits per heavy atom. The average molecular weight is 240 g/mol. The number of nitriles is 1. The van der Waals surface area contributed by atoms with E-state index in [0.29, 0.717) is 19.6 Å². The van der Waals surface area contributed by atoms with Crippen LogP contribution in [-0.4, -0.2) is 36.2 Å². The number of aromatic nitrogens is 2. The second kappa shape index (κ2) is 7.14. The molecule has 0 aliphatic heterocycles. The van der Waals surface area contributed by atoms with E-state index in [9.17, 15) is 0 Å². The van der Waals surface area contributed by atoms with Crippen molar-refractivity contribution in [2.24, 2.45) is 0 Å². The summed E-state index contributed by atoms with van der Waals surface area (Å²) < 4.78 is 9.28. The minimum Gasteiger partial charge on any atom is -0.383 e. The maximum Gasteiger partial charge on any atom is 0.205 e. The Morgan fingerprint density at radius 3 is 2.88 bits per heavy atom. The molecular formula is C10H16N4OS. The van der Waals surface area contributed by atoms with Gasteiger partial charge in [0.2, 0.25) is 5.13 Å². The highest BCUT2D eigenvalue weighted by Gasteiger charge is 2.11. The number of nitrogens with zero attached hydrogens (tertiary/aromatic N) is 4. The predicted molar refractivity (Wildman–Crippen MR) is 63.6 cm³/mol. The standard InChI is InChI=1S/C10H16N4OS/c1-3-9-12-10(16-13-9)14(6-4-5-11)7-8-15-2/h3-4,6-8H2,1-2H3. The molecule has 16 heavy (non-hydrogen) atoms. The van der Waals surface area contributed by atoms with E-state index in [1.165, 1.54) is 11.5 Å². The minimum absolute atomic E-state index is 0.491. The largest absolute Gasteiger partial charge is 0.383 e. The third-order valence-corrected chi connectivity index (χ3v) is 2.92. The first-order valence-corrected chi connectivity index (χ1v) is 6.02. The van der Waals surface area contributed by atoms with E-state index in [1.807, 2.05) is 11.8 Å². The highest BCUT2D eigenvalue weighted by Crippen LogP contribution is 2.17. The molecular weight excluding hydrogens is 224 g/mol. The molecule has 88 valence electrons. The number of anilines is 1. The molecule has 0 aromatic carbocycles. The van der Waals surface area contributed by atoms with Crippen molar-refractivity contribution in [1.82, 2.24) is 9.36 Å². The van der Waals surface area contributed by atoms with Crippen LogP contribution in [-0.2, 0) is 11.2 Å². The van der Waals surface area contributed by atoms with Gasteiger partial charge in [-0.1, -0.05) is 6.92 Å². The summed E-state index contributed by atoms with van der Waals surface area (Å²) in [6.45, 7) is 4.09. The van der Waals surface area contributed by atoms with Gasteiger partial charge in [-0.05, 0) is 0 Å². The molecule has 0 bridgehead atoms. The maximum absolute atomic E-state index is 8.60. The summed E-state index contributed by atoms with van der Waals surface area (Å²) in [4.78, 5) is 6.45. The van der Waals surface area contributed by atoms with Crippen LogP contribution >= 0.6 is 11.5 Å². The second-order valence-corrected chi connectivity index (χ2v) is 3.96. The van der Waals surface area contributed by atoms with Crippen LogP contribution in [0.2, 0.25) is 0 Å². The molecule has 6 heteroatoms. The fourth-order valence-corrected chi connectivity index (χ4v) is 2.01. The summed E-state index contributed by atoms with van der Waals surface area (Å²) in [6.07, 6.45) is 1.33. The first-order valence-electron chi connectivity index (χ1n) is 5.25. The Labute approximate surface area is 99.8 Å². The van der Waals surface area contributed by atoms with E-state index >= 15 is 0 Å². The molecule has 0 N–H and O–H groups in total. The van der Waals surface area contributed by atoms with Gasteiger partial charge in [0.15, 0.2) is 0 Å². The molecule has 0 radical (unpaired) electrons. The highest BCUT2D eigenvalue weighted by atomic mass is 32.1. The first kappa shape index (κ1) is 12.9. The molecule has 1 heterocycles. The molecule has 1 aromatic heterocycles. The number of rotatable bonds is 7. The molecule has 0 saturated heterocycles. The SMILES string of the molecule is CCc1nsc(N(CCC#N)CCOC)n1. The van der Waals surface area contributed by atoms with Crippen molar-refractivity contribution >= 4 is 16.7 Å². The molecule has 0 amide bonds. The zero-order valence-corrected chi connectivity index (χ0v) is 10.5. The fourth-order valence-electron chi connectivity index (χ4n) is 1.21. The van der Waals surface area contributed by atoms with Gasteiger partial charge >= 0.3 is 0 Å². The van der Waals surface area contributed by atoms with Gasteiger partial charge in [0.25, 0.3) is 0 Å². The fraction of sp³-hybridized carbons (Fsp3) is 0.700. The van der Waals surface area contributed by atoms with E-state index < -0.39 is 0 Å². The molecule has 0 fully saturated rings. The summed E-state index contributed by atoms with van der Waals surface area (Å²) in [6, 6.07) is 2.14. The number of aryl methyl sites for hydroxylation is 1. The quantitative estimate of drug-likeness (QED) is 0.722. The number of methoxy groups -OCH3 is 1. The minimum atomic E-state index is 0.491. The molecule has 5 nitrogen and oxygen atoms in total. The van der Waals surface area contributed by atoms with E-state index in [2.05, 4.69) is 15.4 Å². The monoisotopic (exact) mass is 240 g/mol. The molecule has 0 atom stereocenters. The molecule has 0 unspecified atom stereocenters. The topological polar surface area (TPSA) is 62.0 Å². The van der Waals surface area contributed by atoms with Gasteiger partial charge in [-0.15, -0.1) is 0 Å². The van der Waals surface area contributed by atoms with E-state index in [0.717, 1.165) is 23.9 Å². The summed E-state index contributed by atoms with van der Waals surface area (Å²) in [7, 11) is 1.67. The van der Waals surface area contributed by atoms with Crippen molar-refractivity contribution in [2.75, 3.05) is 31.7 Å². The molecule has 1 aromatic rings. The lowest BCUT2D eigenvalue weighted by molar-refractivity contribution is 0.205. The predicted octanol–water partition coefficient (Wildman–Crippen LogP) is 1.47. The smallest absolute Gasteiger partial charge is 0.205 e. The Balaban J connectivity index is 2.63. The maximum atomic E-state index is 8.60. The van der Waals surface area contributed by atoms with Gasteiger partial charge in [0.05, 0.1) is 19.1 Å². The first-order chi connectivity index (χ1) is 7.81. The van der Waals surface area contributed by atoms with Crippen LogP contribution in [0.1, 0.15) is 19.2 Å². The third kappa shape index (κ3) is 3.76. The Bertz CT molecular complexity index is 347.